The Kier molecular flexibility index (Phi) is 5.57. The lowest BCUT2D eigenvalue weighted by Crippen LogP contribution is -2.48. The molecule has 1 N–H and O–H groups in total. The van der Waals surface area contributed by atoms with E-state index in [9.17, 15) is 14.4 Å². The lowest BCUT2D eigenvalue weighted by Gasteiger charge is -2.33. The van der Waals surface area contributed by atoms with Crippen molar-refractivity contribution in [1.82, 2.24) is 14.8 Å². The van der Waals surface area contributed by atoms with Gasteiger partial charge in [0.25, 0.3) is 0 Å². The van der Waals surface area contributed by atoms with E-state index in [-0.39, 0.29) is 35.7 Å². The van der Waals surface area contributed by atoms with Crippen LogP contribution in [-0.4, -0.2) is 40.4 Å². The van der Waals surface area contributed by atoms with Gasteiger partial charge in [-0.3, -0.25) is 14.4 Å². The van der Waals surface area contributed by atoms with E-state index in [4.69, 9.17) is 0 Å². The zero-order chi connectivity index (χ0) is 21.3. The highest BCUT2D eigenvalue weighted by Gasteiger charge is 2.25. The molecule has 2 aromatic carbocycles. The Labute approximate surface area is 175 Å². The van der Waals surface area contributed by atoms with Gasteiger partial charge in [0.2, 0.25) is 11.8 Å². The first-order valence-electron chi connectivity index (χ1n) is 10.5. The topological polar surface area (TPSA) is 71.4 Å². The quantitative estimate of drug-likeness (QED) is 0.679. The molecule has 0 saturated carbocycles. The van der Waals surface area contributed by atoms with Crippen molar-refractivity contribution in [2.75, 3.05) is 13.1 Å². The van der Waals surface area contributed by atoms with Crippen molar-refractivity contribution in [2.24, 2.45) is 5.92 Å². The van der Waals surface area contributed by atoms with E-state index in [0.717, 1.165) is 23.9 Å². The maximum absolute atomic E-state index is 12.9. The molecule has 2 heterocycles. The number of carbonyl (C=O) groups excluding carboxylic acids is 2. The molecule has 1 saturated heterocycles. The molecule has 1 aromatic heterocycles. The Bertz CT molecular complexity index is 1100. The average Bonchev–Trinajstić information content (AvgIpc) is 2.76. The zero-order valence-corrected chi connectivity index (χ0v) is 17.4. The number of carbonyl (C=O) groups is 2. The Balaban J connectivity index is 1.53. The molecule has 3 aromatic rings. The molecule has 0 atom stereocenters. The van der Waals surface area contributed by atoms with Gasteiger partial charge in [0.15, 0.2) is 5.43 Å². The van der Waals surface area contributed by atoms with E-state index in [2.05, 4.69) is 5.32 Å². The van der Waals surface area contributed by atoms with Crippen LogP contribution in [0.2, 0.25) is 0 Å². The minimum atomic E-state index is -0.0809. The van der Waals surface area contributed by atoms with Crippen LogP contribution in [0, 0.1) is 5.92 Å². The summed E-state index contributed by atoms with van der Waals surface area (Å²) in [5.41, 5.74) is 1.50. The summed E-state index contributed by atoms with van der Waals surface area (Å²) in [6.07, 6.45) is 1.52. The van der Waals surface area contributed by atoms with Crippen molar-refractivity contribution in [3.05, 3.63) is 58.8 Å². The molecule has 1 fully saturated rings. The standard InChI is InChI=1S/C24H27N3O3/c1-16(2)24(30)26-13-11-17(12-14-26)25-22(28)15-27-20-9-5-3-7-18(20)23(29)19-8-4-6-10-21(19)27/h3-10,16-17H,11-15H2,1-2H3,(H,25,28). The smallest absolute Gasteiger partial charge is 0.240 e. The molecular weight excluding hydrogens is 378 g/mol. The van der Waals surface area contributed by atoms with Crippen LogP contribution in [0.25, 0.3) is 21.8 Å². The third-order valence-corrected chi connectivity index (χ3v) is 5.85. The van der Waals surface area contributed by atoms with Gasteiger partial charge in [0.1, 0.15) is 6.54 Å². The van der Waals surface area contributed by atoms with Gasteiger partial charge in [-0.15, -0.1) is 0 Å². The van der Waals surface area contributed by atoms with Gasteiger partial charge in [-0.05, 0) is 37.1 Å². The van der Waals surface area contributed by atoms with Crippen LogP contribution < -0.4 is 10.7 Å². The zero-order valence-electron chi connectivity index (χ0n) is 17.4. The van der Waals surface area contributed by atoms with Crippen LogP contribution in [-0.2, 0) is 16.1 Å². The fourth-order valence-electron chi connectivity index (χ4n) is 4.27. The van der Waals surface area contributed by atoms with Gasteiger partial charge in [0.05, 0.1) is 11.0 Å². The van der Waals surface area contributed by atoms with Gasteiger partial charge >= 0.3 is 0 Å². The minimum Gasteiger partial charge on any atom is -0.352 e. The van der Waals surface area contributed by atoms with Gasteiger partial charge in [-0.25, -0.2) is 0 Å². The number of hydrogen-bond donors (Lipinski definition) is 1. The number of hydrogen-bond acceptors (Lipinski definition) is 3. The second-order valence-corrected chi connectivity index (χ2v) is 8.27. The number of amides is 2. The van der Waals surface area contributed by atoms with E-state index in [1.807, 2.05) is 59.7 Å². The van der Waals surface area contributed by atoms with Gasteiger partial charge in [-0.2, -0.15) is 0 Å². The van der Waals surface area contributed by atoms with E-state index in [1.165, 1.54) is 0 Å². The Morgan fingerprint density at radius 2 is 1.50 bits per heavy atom. The third-order valence-electron chi connectivity index (χ3n) is 5.85. The maximum Gasteiger partial charge on any atom is 0.240 e. The van der Waals surface area contributed by atoms with Gasteiger partial charge < -0.3 is 14.8 Å². The predicted molar refractivity (Wildman–Crippen MR) is 118 cm³/mol. The first-order chi connectivity index (χ1) is 14.5. The van der Waals surface area contributed by atoms with Gasteiger partial charge in [0, 0.05) is 35.8 Å². The molecule has 1 aliphatic heterocycles. The number of fused-ring (bicyclic) bond motifs is 2. The fourth-order valence-corrected chi connectivity index (χ4v) is 4.27. The van der Waals surface area contributed by atoms with E-state index in [1.54, 1.807) is 12.1 Å². The van der Waals surface area contributed by atoms with Crippen molar-refractivity contribution in [3.63, 3.8) is 0 Å². The van der Waals surface area contributed by atoms with Crippen LogP contribution in [0.1, 0.15) is 26.7 Å². The molecule has 6 nitrogen and oxygen atoms in total. The van der Waals surface area contributed by atoms with Crippen LogP contribution in [0.3, 0.4) is 0 Å². The number of likely N-dealkylation sites (tertiary alicyclic amines) is 1. The summed E-state index contributed by atoms with van der Waals surface area (Å²) in [5, 5.41) is 4.35. The Morgan fingerprint density at radius 3 is 2.03 bits per heavy atom. The molecule has 4 rings (SSSR count). The van der Waals surface area contributed by atoms with Crippen LogP contribution in [0.15, 0.2) is 53.3 Å². The number of aromatic nitrogens is 1. The summed E-state index contributed by atoms with van der Waals surface area (Å²) in [6.45, 7) is 5.31. The molecule has 6 heteroatoms. The summed E-state index contributed by atoms with van der Waals surface area (Å²) in [4.78, 5) is 39.8. The monoisotopic (exact) mass is 405 g/mol. The number of nitrogens with one attached hydrogen (secondary N) is 1. The second kappa shape index (κ2) is 8.30. The highest BCUT2D eigenvalue weighted by Crippen LogP contribution is 2.19. The lowest BCUT2D eigenvalue weighted by molar-refractivity contribution is -0.135. The average molecular weight is 405 g/mol. The van der Waals surface area contributed by atoms with E-state index < -0.39 is 0 Å². The summed E-state index contributed by atoms with van der Waals surface area (Å²) < 4.78 is 1.92. The summed E-state index contributed by atoms with van der Waals surface area (Å²) in [7, 11) is 0. The molecule has 2 amide bonds. The summed E-state index contributed by atoms with van der Waals surface area (Å²) in [5.74, 6) is 0.0895. The number of rotatable bonds is 4. The molecule has 0 spiro atoms. The largest absolute Gasteiger partial charge is 0.352 e. The predicted octanol–water partition coefficient (Wildman–Crippen LogP) is 2.92. The highest BCUT2D eigenvalue weighted by molar-refractivity contribution is 5.94. The van der Waals surface area contributed by atoms with Gasteiger partial charge in [-0.1, -0.05) is 38.1 Å². The van der Waals surface area contributed by atoms with Crippen LogP contribution in [0.4, 0.5) is 0 Å². The fraction of sp³-hybridized carbons (Fsp3) is 0.375. The molecule has 0 aliphatic carbocycles. The molecular formula is C24H27N3O3. The summed E-state index contributed by atoms with van der Waals surface area (Å²) >= 11 is 0. The Hall–Kier alpha value is -3.15. The molecule has 0 radical (unpaired) electrons. The maximum atomic E-state index is 12.9. The van der Waals surface area contributed by atoms with Crippen LogP contribution in [0.5, 0.6) is 0 Å². The molecule has 30 heavy (non-hydrogen) atoms. The van der Waals surface area contributed by atoms with Crippen molar-refractivity contribution < 1.29 is 9.59 Å². The SMILES string of the molecule is CC(C)C(=O)N1CCC(NC(=O)Cn2c3ccccc3c(=O)c3ccccc32)CC1. The number of nitrogens with zero attached hydrogens (tertiary/aromatic N) is 2. The molecule has 1 aliphatic rings. The van der Waals surface area contributed by atoms with E-state index >= 15 is 0 Å². The molecule has 0 bridgehead atoms. The lowest BCUT2D eigenvalue weighted by atomic mass is 10.0. The second-order valence-electron chi connectivity index (χ2n) is 8.27. The molecule has 156 valence electrons. The van der Waals surface area contributed by atoms with Crippen molar-refractivity contribution >= 4 is 33.6 Å². The Morgan fingerprint density at radius 1 is 0.967 bits per heavy atom. The van der Waals surface area contributed by atoms with Crippen molar-refractivity contribution in [1.29, 1.82) is 0 Å². The highest BCUT2D eigenvalue weighted by atomic mass is 16.2. The normalized spacial score (nSPS) is 15.1. The summed E-state index contributed by atoms with van der Waals surface area (Å²) in [6, 6.07) is 14.9. The number of benzene rings is 2. The van der Waals surface area contributed by atoms with Crippen molar-refractivity contribution in [2.45, 2.75) is 39.3 Å². The number of piperidine rings is 1. The molecule has 0 unspecified atom stereocenters. The van der Waals surface area contributed by atoms with E-state index in [0.29, 0.717) is 23.9 Å². The number of pyridine rings is 1. The minimum absolute atomic E-state index is 0.00177. The first kappa shape index (κ1) is 20.1. The third kappa shape index (κ3) is 3.82. The number of para-hydroxylation sites is 2. The van der Waals surface area contributed by atoms with Crippen LogP contribution >= 0.6 is 0 Å². The first-order valence-corrected chi connectivity index (χ1v) is 10.5. The van der Waals surface area contributed by atoms with Crippen molar-refractivity contribution in [3.8, 4) is 0 Å².